The molecule has 1 aliphatic heterocycles. The Hall–Kier alpha value is -2.56. The fraction of sp³-hybridized carbons (Fsp3) is 0.409. The number of carbonyl (C=O) groups excluding carboxylic acids is 3. The van der Waals surface area contributed by atoms with Gasteiger partial charge >= 0.3 is 0 Å². The molecule has 1 aliphatic carbocycles. The van der Waals surface area contributed by atoms with E-state index in [-0.39, 0.29) is 47.5 Å². The number of sulfonamides is 1. The van der Waals surface area contributed by atoms with Gasteiger partial charge in [0.1, 0.15) is 5.00 Å². The maximum atomic E-state index is 13.0. The van der Waals surface area contributed by atoms with Crippen LogP contribution in [0.15, 0.2) is 40.6 Å². The number of benzene rings is 1. The van der Waals surface area contributed by atoms with Crippen LogP contribution in [-0.2, 0) is 14.8 Å². The highest BCUT2D eigenvalue weighted by atomic mass is 32.2. The Kier molecular flexibility index (Phi) is 6.45. The number of thiophene rings is 1. The Balaban J connectivity index is 1.37. The number of carbonyl (C=O) groups is 3. The maximum absolute atomic E-state index is 13.0. The van der Waals surface area contributed by atoms with E-state index in [4.69, 9.17) is 0 Å². The van der Waals surface area contributed by atoms with Crippen LogP contribution < -0.4 is 10.6 Å². The summed E-state index contributed by atoms with van der Waals surface area (Å²) < 4.78 is 27.3. The quantitative estimate of drug-likeness (QED) is 0.598. The zero-order chi connectivity index (χ0) is 22.9. The van der Waals surface area contributed by atoms with Crippen molar-refractivity contribution in [2.45, 2.75) is 43.5 Å². The number of ketones is 1. The number of amides is 2. The third kappa shape index (κ3) is 4.92. The molecule has 4 rings (SSSR count). The summed E-state index contributed by atoms with van der Waals surface area (Å²) in [5.41, 5.74) is 0.804. The van der Waals surface area contributed by atoms with E-state index in [2.05, 4.69) is 10.6 Å². The maximum Gasteiger partial charge on any atom is 0.254 e. The average molecular weight is 476 g/mol. The van der Waals surface area contributed by atoms with E-state index in [0.717, 1.165) is 12.8 Å². The third-order valence-electron chi connectivity index (χ3n) is 5.76. The van der Waals surface area contributed by atoms with Crippen LogP contribution in [0.5, 0.6) is 0 Å². The van der Waals surface area contributed by atoms with Crippen molar-refractivity contribution in [3.05, 3.63) is 46.8 Å². The van der Waals surface area contributed by atoms with E-state index in [0.29, 0.717) is 29.0 Å². The number of anilines is 1. The summed E-state index contributed by atoms with van der Waals surface area (Å²) in [6, 6.07) is 7.94. The van der Waals surface area contributed by atoms with Gasteiger partial charge < -0.3 is 10.6 Å². The van der Waals surface area contributed by atoms with Crippen molar-refractivity contribution in [1.82, 2.24) is 9.62 Å². The van der Waals surface area contributed by atoms with Crippen molar-refractivity contribution >= 4 is 44.0 Å². The van der Waals surface area contributed by atoms with Crippen LogP contribution in [0.25, 0.3) is 0 Å². The summed E-state index contributed by atoms with van der Waals surface area (Å²) in [6.45, 7) is 1.82. The molecule has 2 aliphatic rings. The van der Waals surface area contributed by atoms with E-state index in [9.17, 15) is 22.8 Å². The van der Waals surface area contributed by atoms with Crippen LogP contribution in [0, 0.1) is 5.92 Å². The molecule has 0 radical (unpaired) electrons. The van der Waals surface area contributed by atoms with E-state index < -0.39 is 10.0 Å². The Morgan fingerprint density at radius 1 is 1.06 bits per heavy atom. The summed E-state index contributed by atoms with van der Waals surface area (Å²) in [7, 11) is -3.74. The average Bonchev–Trinajstić information content (AvgIpc) is 3.48. The minimum atomic E-state index is -3.74. The summed E-state index contributed by atoms with van der Waals surface area (Å²) in [6.07, 6.45) is 2.73. The Labute approximate surface area is 191 Å². The fourth-order valence-electron chi connectivity index (χ4n) is 3.67. The van der Waals surface area contributed by atoms with Gasteiger partial charge in [0.25, 0.3) is 5.91 Å². The fourth-order valence-corrected chi connectivity index (χ4v) is 5.98. The van der Waals surface area contributed by atoms with E-state index >= 15 is 0 Å². The molecule has 2 aromatic rings. The predicted molar refractivity (Wildman–Crippen MR) is 121 cm³/mol. The Morgan fingerprint density at radius 3 is 2.44 bits per heavy atom. The van der Waals surface area contributed by atoms with Gasteiger partial charge in [0.05, 0.1) is 10.5 Å². The van der Waals surface area contributed by atoms with Gasteiger partial charge in [0.2, 0.25) is 15.9 Å². The minimum absolute atomic E-state index is 0.0815. The highest BCUT2D eigenvalue weighted by Crippen LogP contribution is 2.29. The zero-order valence-electron chi connectivity index (χ0n) is 17.7. The number of hydrogen-bond acceptors (Lipinski definition) is 6. The van der Waals surface area contributed by atoms with Gasteiger partial charge in [-0.05, 0) is 56.2 Å². The normalized spacial score (nSPS) is 17.7. The summed E-state index contributed by atoms with van der Waals surface area (Å²) in [5.74, 6) is -0.927. The van der Waals surface area contributed by atoms with Crippen LogP contribution in [0.1, 0.15) is 53.3 Å². The third-order valence-corrected chi connectivity index (χ3v) is 8.49. The smallest absolute Gasteiger partial charge is 0.254 e. The molecule has 0 spiro atoms. The number of piperidine rings is 1. The number of hydrogen-bond donors (Lipinski definition) is 2. The second-order valence-electron chi connectivity index (χ2n) is 8.16. The summed E-state index contributed by atoms with van der Waals surface area (Å²) in [4.78, 5) is 36.8. The minimum Gasteiger partial charge on any atom is -0.349 e. The number of nitrogens with one attached hydrogen (secondary N) is 2. The highest BCUT2D eigenvalue weighted by molar-refractivity contribution is 7.89. The summed E-state index contributed by atoms with van der Waals surface area (Å²) in [5, 5.41) is 8.06. The van der Waals surface area contributed by atoms with Crippen molar-refractivity contribution in [2.75, 3.05) is 18.4 Å². The molecule has 1 aromatic heterocycles. The van der Waals surface area contributed by atoms with Crippen LogP contribution in [0.4, 0.5) is 5.00 Å². The first-order valence-electron chi connectivity index (χ1n) is 10.6. The topological polar surface area (TPSA) is 113 Å². The van der Waals surface area contributed by atoms with Gasteiger partial charge in [-0.3, -0.25) is 14.4 Å². The molecule has 2 amide bonds. The van der Waals surface area contributed by atoms with Crippen molar-refractivity contribution in [3.63, 3.8) is 0 Å². The van der Waals surface area contributed by atoms with Crippen LogP contribution in [0.2, 0.25) is 0 Å². The van der Waals surface area contributed by atoms with Gasteiger partial charge in [-0.1, -0.05) is 12.1 Å². The zero-order valence-corrected chi connectivity index (χ0v) is 19.3. The Bertz CT molecular complexity index is 1150. The lowest BCUT2D eigenvalue weighted by atomic mass is 9.97. The second kappa shape index (κ2) is 9.13. The molecule has 0 unspecified atom stereocenters. The number of rotatable bonds is 7. The lowest BCUT2D eigenvalue weighted by Gasteiger charge is -2.30. The largest absolute Gasteiger partial charge is 0.349 e. The molecule has 1 saturated heterocycles. The number of nitrogens with zero attached hydrogens (tertiary/aromatic N) is 1. The van der Waals surface area contributed by atoms with Crippen LogP contribution in [-0.4, -0.2) is 49.5 Å². The molecule has 8 nitrogen and oxygen atoms in total. The number of Topliss-reactive ketones (excluding diaryl/α,β-unsaturated/α-hetero) is 1. The predicted octanol–water partition coefficient (Wildman–Crippen LogP) is 2.88. The van der Waals surface area contributed by atoms with Gasteiger partial charge in [-0.15, -0.1) is 11.3 Å². The second-order valence-corrected chi connectivity index (χ2v) is 11.0. The van der Waals surface area contributed by atoms with Crippen LogP contribution in [0.3, 0.4) is 0 Å². The molecule has 2 heterocycles. The molecular weight excluding hydrogens is 450 g/mol. The van der Waals surface area contributed by atoms with Crippen molar-refractivity contribution in [2.24, 2.45) is 5.92 Å². The van der Waals surface area contributed by atoms with E-state index in [1.54, 1.807) is 23.6 Å². The van der Waals surface area contributed by atoms with Gasteiger partial charge in [-0.25, -0.2) is 8.42 Å². The first-order valence-corrected chi connectivity index (χ1v) is 12.9. The Morgan fingerprint density at radius 2 is 1.78 bits per heavy atom. The SMILES string of the molecule is CC(=O)c1cccc(S(=O)(=O)N2CCC(C(=O)Nc3sccc3C(=O)NC3CC3)CC2)c1. The highest BCUT2D eigenvalue weighted by Gasteiger charge is 2.33. The van der Waals surface area contributed by atoms with E-state index in [1.165, 1.54) is 34.7 Å². The summed E-state index contributed by atoms with van der Waals surface area (Å²) >= 11 is 1.30. The molecule has 0 bridgehead atoms. The molecule has 170 valence electrons. The van der Waals surface area contributed by atoms with E-state index in [1.807, 2.05) is 0 Å². The molecule has 1 aromatic carbocycles. The molecule has 1 saturated carbocycles. The first-order chi connectivity index (χ1) is 15.3. The standard InChI is InChI=1S/C22H25N3O5S2/c1-14(26)16-3-2-4-18(13-16)32(29,30)25-10-7-15(8-11-25)20(27)24-22-19(9-12-31-22)21(28)23-17-5-6-17/h2-4,9,12-13,15,17H,5-8,10-11H2,1H3,(H,23,28)(H,24,27). The molecule has 0 atom stereocenters. The molecular formula is C22H25N3O5S2. The van der Waals surface area contributed by atoms with Crippen molar-refractivity contribution in [1.29, 1.82) is 0 Å². The van der Waals surface area contributed by atoms with Gasteiger partial charge in [-0.2, -0.15) is 4.31 Å². The molecule has 2 N–H and O–H groups in total. The van der Waals surface area contributed by atoms with Crippen LogP contribution >= 0.6 is 11.3 Å². The monoisotopic (exact) mass is 475 g/mol. The van der Waals surface area contributed by atoms with Crippen molar-refractivity contribution in [3.8, 4) is 0 Å². The van der Waals surface area contributed by atoms with Crippen molar-refractivity contribution < 1.29 is 22.8 Å². The lowest BCUT2D eigenvalue weighted by molar-refractivity contribution is -0.120. The lowest BCUT2D eigenvalue weighted by Crippen LogP contribution is -2.41. The molecule has 10 heteroatoms. The first kappa shape index (κ1) is 22.6. The van der Waals surface area contributed by atoms with Gasteiger partial charge in [0.15, 0.2) is 5.78 Å². The molecule has 2 fully saturated rings. The van der Waals surface area contributed by atoms with Gasteiger partial charge in [0, 0.05) is 30.6 Å². The molecule has 32 heavy (non-hydrogen) atoms.